The van der Waals surface area contributed by atoms with Gasteiger partial charge in [-0.2, -0.15) is 5.92 Å². The molecule has 2 aromatic rings. The van der Waals surface area contributed by atoms with Gasteiger partial charge in [-0.1, -0.05) is 86.3 Å². The van der Waals surface area contributed by atoms with Gasteiger partial charge in [0.05, 0.1) is 65.6 Å². The molecule has 18 heteroatoms. The zero-order valence-corrected chi connectivity index (χ0v) is 36.6. The van der Waals surface area contributed by atoms with Gasteiger partial charge in [-0.05, 0) is 37.8 Å². The molecule has 1 aliphatic heterocycles. The number of unbranched alkanes of at least 4 members (excludes halogenated alkanes) is 1. The Morgan fingerprint density at radius 1 is 0.918 bits per heavy atom. The molecule has 0 spiro atoms. The number of carbonyl (C=O) groups excluding carboxylic acids is 2. The van der Waals surface area contributed by atoms with Crippen molar-refractivity contribution in [3.8, 4) is 11.3 Å². The minimum absolute atomic E-state index is 0. The number of aliphatic hydroxyl groups is 4. The Morgan fingerprint density at radius 3 is 2.20 bits per heavy atom. The van der Waals surface area contributed by atoms with Crippen molar-refractivity contribution >= 4 is 11.8 Å². The minimum atomic E-state index is -1.48. The molecule has 61 heavy (non-hydrogen) atoms. The van der Waals surface area contributed by atoms with E-state index in [9.17, 15) is 30.0 Å². The number of hydrogen-bond donors (Lipinski definition) is 7. The molecule has 2 saturated carbocycles. The van der Waals surface area contributed by atoms with E-state index in [1.54, 1.807) is 4.68 Å². The number of nitrogens with two attached hydrogens (primary N) is 1. The van der Waals surface area contributed by atoms with E-state index in [1.807, 2.05) is 30.5 Å². The number of ether oxygens (including phenoxy) is 5. The summed E-state index contributed by atoms with van der Waals surface area (Å²) in [6.07, 6.45) is 6.93. The van der Waals surface area contributed by atoms with Crippen LogP contribution in [0.2, 0.25) is 0 Å². The quantitative estimate of drug-likeness (QED) is 0.0425. The fourth-order valence-corrected chi connectivity index (χ4v) is 7.31. The van der Waals surface area contributed by atoms with Gasteiger partial charge in [0.1, 0.15) is 36.2 Å². The van der Waals surface area contributed by atoms with Gasteiger partial charge in [-0.25, -0.2) is 4.68 Å². The van der Waals surface area contributed by atoms with Crippen molar-refractivity contribution < 1.29 is 70.8 Å². The first-order valence-corrected chi connectivity index (χ1v) is 21.7. The van der Waals surface area contributed by atoms with Gasteiger partial charge < -0.3 is 74.3 Å². The molecule has 2 aliphatic carbocycles. The van der Waals surface area contributed by atoms with E-state index in [2.05, 4.69) is 34.8 Å². The van der Waals surface area contributed by atoms with Crippen LogP contribution in [0, 0.1) is 25.2 Å². The molecule has 0 unspecified atom stereocenters. The molecule has 8 N–H and O–H groups in total. The van der Waals surface area contributed by atoms with Crippen LogP contribution in [0.5, 0.6) is 0 Å². The predicted octanol–water partition coefficient (Wildman–Crippen LogP) is 1.49. The van der Waals surface area contributed by atoms with E-state index < -0.39 is 48.8 Å². The summed E-state index contributed by atoms with van der Waals surface area (Å²) in [6, 6.07) is 7.08. The Labute approximate surface area is 371 Å². The monoisotopic (exact) mass is 902 g/mol. The molecule has 0 bridgehead atoms. The number of rotatable bonds is 25. The van der Waals surface area contributed by atoms with Crippen molar-refractivity contribution in [1.82, 2.24) is 25.6 Å². The van der Waals surface area contributed by atoms with E-state index in [0.717, 1.165) is 55.6 Å². The van der Waals surface area contributed by atoms with E-state index in [-0.39, 0.29) is 35.5 Å². The Morgan fingerprint density at radius 2 is 1.57 bits per heavy atom. The predicted molar refractivity (Wildman–Crippen MR) is 223 cm³/mol. The average Bonchev–Trinajstić information content (AvgIpc) is 4.05. The Hall–Kier alpha value is -2.58. The zero-order valence-electron chi connectivity index (χ0n) is 35.5. The van der Waals surface area contributed by atoms with E-state index in [4.69, 9.17) is 29.4 Å². The Kier molecular flexibility index (Phi) is 25.1. The SMILES string of the molecule is [CH2-]C1(C(=O)N[C@@H](CCCCN)C(=O)NCCOCCOCCOCCn2cc(-c3ccc(CCO[C@@H]4O[C@H](CO)[C@@H](O)[C@H](O)[C@H]4O)cc3)nn2)CCCC1.[CH2-]C1CCCC1.[Fe+2]. The van der Waals surface area contributed by atoms with E-state index in [1.165, 1.54) is 25.7 Å². The number of aromatic nitrogens is 3. The summed E-state index contributed by atoms with van der Waals surface area (Å²) in [7, 11) is 0. The first kappa shape index (κ1) is 52.8. The summed E-state index contributed by atoms with van der Waals surface area (Å²) in [6.45, 7) is 11.4. The van der Waals surface area contributed by atoms with Crippen molar-refractivity contribution in [2.24, 2.45) is 17.1 Å². The molecule has 346 valence electrons. The van der Waals surface area contributed by atoms with Gasteiger partial charge in [0.25, 0.3) is 0 Å². The molecular formula is C43H70FeN6O11. The van der Waals surface area contributed by atoms with Gasteiger partial charge >= 0.3 is 17.1 Å². The van der Waals surface area contributed by atoms with Crippen LogP contribution >= 0.6 is 0 Å². The summed E-state index contributed by atoms with van der Waals surface area (Å²) in [4.78, 5) is 25.6. The molecule has 0 radical (unpaired) electrons. The third-order valence-corrected chi connectivity index (χ3v) is 11.1. The molecule has 1 saturated heterocycles. The van der Waals surface area contributed by atoms with E-state index in [0.29, 0.717) is 77.8 Å². The van der Waals surface area contributed by atoms with Gasteiger partial charge in [0.15, 0.2) is 12.2 Å². The number of aliphatic hydroxyl groups excluding tert-OH is 4. The molecule has 1 aromatic heterocycles. The summed E-state index contributed by atoms with van der Waals surface area (Å²) < 4.78 is 29.4. The smallest absolute Gasteiger partial charge is 0.394 e. The first-order chi connectivity index (χ1) is 29.0. The number of nitrogens with one attached hydrogen (secondary N) is 2. The standard InChI is InChI=1S/C37H59N6O11.C6H11.Fe/c1-37(12-3-4-13-37)36(49)40-28(6-2-5-14-38)34(48)39-15-18-50-20-22-52-23-21-51-19-16-43-24-29(41-42-43)27-9-7-26(8-10-27)11-17-53-35-33(47)32(46)31(45)30(25-44)54-35;1-6-4-2-3-5-6;/h7-10,24,28,30-33,35,44-47H,1-6,11-23,25,38H2,(H,39,48)(H,40,49);6H,1-5H2;/q2*-1;+2/t28-,30+,31+,32-,33+,35+;;/m0../s1. The van der Waals surface area contributed by atoms with Crippen molar-refractivity contribution in [3.05, 3.63) is 49.9 Å². The van der Waals surface area contributed by atoms with Crippen molar-refractivity contribution in [2.45, 2.75) is 120 Å². The van der Waals surface area contributed by atoms with Crippen LogP contribution in [0.15, 0.2) is 30.5 Å². The molecular weight excluding hydrogens is 832 g/mol. The Balaban J connectivity index is 0.00000130. The largest absolute Gasteiger partial charge is 2.00 e. The van der Waals surface area contributed by atoms with Gasteiger partial charge in [-0.3, -0.25) is 9.59 Å². The van der Waals surface area contributed by atoms with Crippen LogP contribution < -0.4 is 16.4 Å². The van der Waals surface area contributed by atoms with Crippen LogP contribution in [0.25, 0.3) is 11.3 Å². The molecule has 17 nitrogen and oxygen atoms in total. The van der Waals surface area contributed by atoms with Gasteiger partial charge in [0, 0.05) is 12.1 Å². The first-order valence-electron chi connectivity index (χ1n) is 21.7. The maximum Gasteiger partial charge on any atom is 2.00 e. The van der Waals surface area contributed by atoms with Crippen molar-refractivity contribution in [1.29, 1.82) is 0 Å². The summed E-state index contributed by atoms with van der Waals surface area (Å²) in [5.74, 6) is 0.414. The van der Waals surface area contributed by atoms with Crippen LogP contribution in [0.3, 0.4) is 0 Å². The minimum Gasteiger partial charge on any atom is -0.394 e. The van der Waals surface area contributed by atoms with Crippen LogP contribution in [-0.2, 0) is 63.3 Å². The van der Waals surface area contributed by atoms with E-state index >= 15 is 0 Å². The summed E-state index contributed by atoms with van der Waals surface area (Å²) >= 11 is 0. The summed E-state index contributed by atoms with van der Waals surface area (Å²) in [5, 5.41) is 53.4. The van der Waals surface area contributed by atoms with Crippen molar-refractivity contribution in [2.75, 3.05) is 65.9 Å². The molecule has 2 heterocycles. The molecule has 1 aromatic carbocycles. The third-order valence-electron chi connectivity index (χ3n) is 11.1. The van der Waals surface area contributed by atoms with Crippen LogP contribution in [-0.4, -0.2) is 150 Å². The van der Waals surface area contributed by atoms with Crippen molar-refractivity contribution in [3.63, 3.8) is 0 Å². The number of carbonyl (C=O) groups is 2. The second kappa shape index (κ2) is 29.0. The van der Waals surface area contributed by atoms with Crippen LogP contribution in [0.4, 0.5) is 0 Å². The fraction of sp³-hybridized carbons (Fsp3) is 0.721. The molecule has 2 amide bonds. The molecule has 6 atom stereocenters. The maximum atomic E-state index is 12.8. The van der Waals surface area contributed by atoms with Gasteiger partial charge in [0.2, 0.25) is 5.91 Å². The summed E-state index contributed by atoms with van der Waals surface area (Å²) in [5.41, 5.74) is 7.53. The van der Waals surface area contributed by atoms with Gasteiger partial charge in [-0.15, -0.1) is 5.10 Å². The Bertz CT molecular complexity index is 1490. The molecule has 5 rings (SSSR count). The second-order valence-electron chi connectivity index (χ2n) is 16.0. The number of nitrogens with zero attached hydrogens (tertiary/aromatic N) is 3. The maximum absolute atomic E-state index is 12.8. The zero-order chi connectivity index (χ0) is 43.2. The molecule has 3 fully saturated rings. The second-order valence-corrected chi connectivity index (χ2v) is 16.0. The normalized spacial score (nSPS) is 22.8. The fourth-order valence-electron chi connectivity index (χ4n) is 7.31. The number of benzene rings is 1. The molecule has 3 aliphatic rings. The third kappa shape index (κ3) is 18.2. The number of amides is 2. The topological polar surface area (TPSA) is 242 Å². The average molecular weight is 903 g/mol. The number of hydrogen-bond acceptors (Lipinski definition) is 14. The van der Waals surface area contributed by atoms with Crippen LogP contribution in [0.1, 0.15) is 76.2 Å².